The third kappa shape index (κ3) is 8.07. The Morgan fingerprint density at radius 3 is 2.52 bits per heavy atom. The highest BCUT2D eigenvalue weighted by molar-refractivity contribution is 5.94. The van der Waals surface area contributed by atoms with E-state index in [4.69, 9.17) is 5.73 Å². The summed E-state index contributed by atoms with van der Waals surface area (Å²) in [6.07, 6.45) is 9.61. The molecule has 0 unspecified atom stereocenters. The first-order valence-electron chi connectivity index (χ1n) is 9.61. The quantitative estimate of drug-likeness (QED) is 0.547. The van der Waals surface area contributed by atoms with Gasteiger partial charge in [0.05, 0.1) is 6.42 Å². The summed E-state index contributed by atoms with van der Waals surface area (Å²) in [7, 11) is 0. The van der Waals surface area contributed by atoms with Gasteiger partial charge in [0.25, 0.3) is 0 Å². The van der Waals surface area contributed by atoms with Crippen LogP contribution in [0.15, 0.2) is 42.5 Å². The van der Waals surface area contributed by atoms with E-state index < -0.39 is 17.9 Å². The van der Waals surface area contributed by atoms with Gasteiger partial charge < -0.3 is 16.4 Å². The molecule has 0 saturated heterocycles. The molecule has 27 heavy (non-hydrogen) atoms. The summed E-state index contributed by atoms with van der Waals surface area (Å²) < 4.78 is 0. The number of hydrogen-bond acceptors (Lipinski definition) is 3. The smallest absolute Gasteiger partial charge is 0.244 e. The van der Waals surface area contributed by atoms with E-state index in [0.29, 0.717) is 18.9 Å². The molecule has 3 amide bonds. The fraction of sp³-hybridized carbons (Fsp3) is 0.476. The number of rotatable bonds is 10. The monoisotopic (exact) mass is 371 g/mol. The Labute approximate surface area is 160 Å². The molecule has 6 nitrogen and oxygen atoms in total. The lowest BCUT2D eigenvalue weighted by molar-refractivity contribution is -0.129. The maximum absolute atomic E-state index is 12.0. The Hall–Kier alpha value is -2.63. The number of carbonyl (C=O) groups excluding carboxylic acids is 3. The van der Waals surface area contributed by atoms with Gasteiger partial charge in [0.1, 0.15) is 6.04 Å². The first kappa shape index (κ1) is 20.7. The van der Waals surface area contributed by atoms with Crippen molar-refractivity contribution in [2.45, 2.75) is 51.0 Å². The molecule has 0 spiro atoms. The van der Waals surface area contributed by atoms with Crippen molar-refractivity contribution < 1.29 is 14.4 Å². The number of carbonyl (C=O) groups is 3. The van der Waals surface area contributed by atoms with Crippen LogP contribution < -0.4 is 16.4 Å². The molecule has 1 aromatic rings. The van der Waals surface area contributed by atoms with Gasteiger partial charge in [-0.25, -0.2) is 0 Å². The van der Waals surface area contributed by atoms with E-state index in [-0.39, 0.29) is 12.3 Å². The minimum absolute atomic E-state index is 0.160. The van der Waals surface area contributed by atoms with Crippen LogP contribution in [0.25, 0.3) is 0 Å². The lowest BCUT2D eigenvalue weighted by Crippen LogP contribution is -2.46. The molecule has 0 heterocycles. The second-order valence-corrected chi connectivity index (χ2v) is 7.04. The van der Waals surface area contributed by atoms with Crippen molar-refractivity contribution >= 4 is 17.7 Å². The number of nitrogens with one attached hydrogen (secondary N) is 2. The third-order valence-corrected chi connectivity index (χ3v) is 4.84. The first-order valence-corrected chi connectivity index (χ1v) is 9.61. The summed E-state index contributed by atoms with van der Waals surface area (Å²) in [6.45, 7) is 0.462. The van der Waals surface area contributed by atoms with Crippen LogP contribution in [0.5, 0.6) is 0 Å². The van der Waals surface area contributed by atoms with Crippen molar-refractivity contribution in [3.63, 3.8) is 0 Å². The number of hydrogen-bond donors (Lipinski definition) is 3. The molecule has 1 aliphatic carbocycles. The zero-order valence-electron chi connectivity index (χ0n) is 15.7. The van der Waals surface area contributed by atoms with Gasteiger partial charge in [-0.1, -0.05) is 62.1 Å². The highest BCUT2D eigenvalue weighted by atomic mass is 16.2. The van der Waals surface area contributed by atoms with Gasteiger partial charge in [-0.2, -0.15) is 0 Å². The van der Waals surface area contributed by atoms with Crippen molar-refractivity contribution in [1.82, 2.24) is 10.6 Å². The lowest BCUT2D eigenvalue weighted by atomic mass is 10.0. The van der Waals surface area contributed by atoms with Crippen LogP contribution >= 0.6 is 0 Å². The van der Waals surface area contributed by atoms with Crippen molar-refractivity contribution in [1.29, 1.82) is 0 Å². The van der Waals surface area contributed by atoms with E-state index in [1.165, 1.54) is 31.8 Å². The molecule has 1 fully saturated rings. The van der Waals surface area contributed by atoms with E-state index in [9.17, 15) is 14.4 Å². The van der Waals surface area contributed by atoms with Gasteiger partial charge in [-0.3, -0.25) is 14.4 Å². The normalized spacial score (nSPS) is 15.6. The molecule has 1 saturated carbocycles. The summed E-state index contributed by atoms with van der Waals surface area (Å²) in [5.41, 5.74) is 6.44. The van der Waals surface area contributed by atoms with Crippen LogP contribution in [0.4, 0.5) is 0 Å². The second-order valence-electron chi connectivity index (χ2n) is 7.04. The predicted molar refractivity (Wildman–Crippen MR) is 105 cm³/mol. The van der Waals surface area contributed by atoms with Crippen molar-refractivity contribution in [3.05, 3.63) is 48.0 Å². The zero-order valence-corrected chi connectivity index (χ0v) is 15.7. The first-order chi connectivity index (χ1) is 13.0. The lowest BCUT2D eigenvalue weighted by Gasteiger charge is -2.14. The second kappa shape index (κ2) is 11.2. The number of primary amides is 1. The van der Waals surface area contributed by atoms with Crippen molar-refractivity contribution in [2.24, 2.45) is 11.7 Å². The predicted octanol–water partition coefficient (Wildman–Crippen LogP) is 1.84. The Kier molecular flexibility index (Phi) is 8.55. The van der Waals surface area contributed by atoms with Crippen molar-refractivity contribution in [3.8, 4) is 0 Å². The van der Waals surface area contributed by atoms with E-state index in [1.807, 2.05) is 36.4 Å². The Morgan fingerprint density at radius 1 is 1.15 bits per heavy atom. The summed E-state index contributed by atoms with van der Waals surface area (Å²) in [6, 6.07) is 8.77. The summed E-state index contributed by atoms with van der Waals surface area (Å²) in [4.78, 5) is 35.6. The molecule has 6 heteroatoms. The molecule has 4 N–H and O–H groups in total. The van der Waals surface area contributed by atoms with Crippen LogP contribution in [-0.4, -0.2) is 30.3 Å². The van der Waals surface area contributed by atoms with Crippen LogP contribution in [0, 0.1) is 5.92 Å². The fourth-order valence-corrected chi connectivity index (χ4v) is 3.30. The topological polar surface area (TPSA) is 101 Å². The molecule has 146 valence electrons. The van der Waals surface area contributed by atoms with Crippen LogP contribution in [0.3, 0.4) is 0 Å². The molecule has 0 bridgehead atoms. The number of benzene rings is 1. The molecule has 1 aromatic carbocycles. The van der Waals surface area contributed by atoms with Gasteiger partial charge in [0.15, 0.2) is 0 Å². The molecule has 1 atom stereocenters. The maximum atomic E-state index is 12.0. The van der Waals surface area contributed by atoms with Crippen LogP contribution in [0.1, 0.15) is 44.1 Å². The average Bonchev–Trinajstić information content (AvgIpc) is 3.15. The maximum Gasteiger partial charge on any atom is 0.244 e. The third-order valence-electron chi connectivity index (χ3n) is 4.84. The van der Waals surface area contributed by atoms with Crippen LogP contribution in [-0.2, 0) is 20.8 Å². The Morgan fingerprint density at radius 2 is 1.85 bits per heavy atom. The number of amides is 3. The van der Waals surface area contributed by atoms with Gasteiger partial charge in [0.2, 0.25) is 17.7 Å². The molecule has 0 aromatic heterocycles. The minimum atomic E-state index is -1.01. The molecule has 1 aliphatic rings. The minimum Gasteiger partial charge on any atom is -0.368 e. The molecular weight excluding hydrogens is 342 g/mol. The highest BCUT2D eigenvalue weighted by Gasteiger charge is 2.20. The highest BCUT2D eigenvalue weighted by Crippen LogP contribution is 2.27. The zero-order chi connectivity index (χ0) is 19.5. The van der Waals surface area contributed by atoms with Gasteiger partial charge in [-0.05, 0) is 30.4 Å². The SMILES string of the molecule is NC(=O)[C@@H](CC(=O)NCCc1ccccc1)NC(=O)/C=C/CC1CCCC1. The van der Waals surface area contributed by atoms with Crippen molar-refractivity contribution in [2.75, 3.05) is 6.54 Å². The molecule has 0 radical (unpaired) electrons. The Balaban J connectivity index is 1.71. The molecular formula is C21H29N3O3. The van der Waals surface area contributed by atoms with Gasteiger partial charge >= 0.3 is 0 Å². The summed E-state index contributed by atoms with van der Waals surface area (Å²) in [5, 5.41) is 5.27. The van der Waals surface area contributed by atoms with Gasteiger partial charge in [0, 0.05) is 6.54 Å². The fourth-order valence-electron chi connectivity index (χ4n) is 3.30. The average molecular weight is 371 g/mol. The number of nitrogens with two attached hydrogens (primary N) is 1. The van der Waals surface area contributed by atoms with Crippen LogP contribution in [0.2, 0.25) is 0 Å². The van der Waals surface area contributed by atoms with E-state index in [0.717, 1.165) is 12.0 Å². The molecule has 2 rings (SSSR count). The van der Waals surface area contributed by atoms with E-state index >= 15 is 0 Å². The number of allylic oxidation sites excluding steroid dienone is 1. The van der Waals surface area contributed by atoms with E-state index in [2.05, 4.69) is 10.6 Å². The molecule has 0 aliphatic heterocycles. The van der Waals surface area contributed by atoms with Gasteiger partial charge in [-0.15, -0.1) is 0 Å². The summed E-state index contributed by atoms with van der Waals surface area (Å²) in [5.74, 6) is -0.777. The summed E-state index contributed by atoms with van der Waals surface area (Å²) >= 11 is 0. The standard InChI is InChI=1S/C21H29N3O3/c22-21(27)18(24-19(25)12-6-11-16-9-4-5-10-16)15-20(26)23-14-13-17-7-2-1-3-8-17/h1-3,6-8,12,16,18H,4-5,9-11,13-15H2,(H2,22,27)(H,23,26)(H,24,25)/b12-6+/t18-/m1/s1. The Bertz CT molecular complexity index is 652. The largest absolute Gasteiger partial charge is 0.368 e. The van der Waals surface area contributed by atoms with E-state index in [1.54, 1.807) is 0 Å².